The van der Waals surface area contributed by atoms with Crippen molar-refractivity contribution in [2.45, 2.75) is 26.2 Å². The van der Waals surface area contributed by atoms with Crippen LogP contribution in [-0.4, -0.2) is 15.9 Å². The highest BCUT2D eigenvalue weighted by molar-refractivity contribution is 14.1. The van der Waals surface area contributed by atoms with Gasteiger partial charge in [0, 0.05) is 47.1 Å². The number of benzene rings is 6. The van der Waals surface area contributed by atoms with Gasteiger partial charge in [-0.15, -0.1) is 0 Å². The zero-order valence-corrected chi connectivity index (χ0v) is 26.9. The minimum atomic E-state index is 0.0407. The van der Waals surface area contributed by atoms with Crippen molar-refractivity contribution >= 4 is 106 Å². The van der Waals surface area contributed by atoms with E-state index < -0.39 is 0 Å². The highest BCUT2D eigenvalue weighted by Gasteiger charge is 2.43. The van der Waals surface area contributed by atoms with Crippen molar-refractivity contribution in [3.05, 3.63) is 112 Å². The maximum atomic E-state index is 6.70. The number of para-hydroxylation sites is 3. The topological polar surface area (TPSA) is 23.0 Å². The molecule has 0 bridgehead atoms. The number of halogens is 1. The van der Waals surface area contributed by atoms with Crippen LogP contribution in [-0.2, 0) is 6.42 Å². The van der Waals surface area contributed by atoms with E-state index in [-0.39, 0.29) is 6.85 Å². The van der Waals surface area contributed by atoms with Crippen molar-refractivity contribution in [3.63, 3.8) is 0 Å². The molecule has 6 aromatic carbocycles. The van der Waals surface area contributed by atoms with E-state index in [0.717, 1.165) is 17.6 Å². The maximum Gasteiger partial charge on any atom is 0.333 e. The summed E-state index contributed by atoms with van der Waals surface area (Å²) in [4.78, 5) is 0. The summed E-state index contributed by atoms with van der Waals surface area (Å²) in [5.74, 6) is 0. The molecule has 2 aliphatic heterocycles. The van der Waals surface area contributed by atoms with E-state index in [1.54, 1.807) is 0 Å². The molecule has 9 aromatic rings. The zero-order valence-electron chi connectivity index (χ0n) is 24.7. The summed E-state index contributed by atoms with van der Waals surface area (Å²) in [5, 5.41) is 7.69. The number of fused-ring (bicyclic) bond motifs is 14. The van der Waals surface area contributed by atoms with E-state index in [1.807, 2.05) is 0 Å². The molecule has 2 aliphatic rings. The van der Waals surface area contributed by atoms with Gasteiger partial charge in [0.1, 0.15) is 11.2 Å². The molecule has 0 radical (unpaired) electrons. The number of rotatable bonds is 3. The Hall–Kier alpha value is -4.49. The second-order valence-electron chi connectivity index (χ2n) is 12.8. The van der Waals surface area contributed by atoms with Crippen LogP contribution in [0.15, 0.2) is 108 Å². The fourth-order valence-corrected chi connectivity index (χ4v) is 9.39. The summed E-state index contributed by atoms with van der Waals surface area (Å²) in [6.07, 6.45) is 3.52. The minimum Gasteiger partial charge on any atom is -0.456 e. The smallest absolute Gasteiger partial charge is 0.333 e. The van der Waals surface area contributed by atoms with Gasteiger partial charge in [-0.3, -0.25) is 0 Å². The van der Waals surface area contributed by atoms with Crippen LogP contribution >= 0.6 is 22.6 Å². The van der Waals surface area contributed by atoms with Crippen LogP contribution in [0.4, 0.5) is 0 Å². The third kappa shape index (κ3) is 2.98. The van der Waals surface area contributed by atoms with Crippen LogP contribution in [0.5, 0.6) is 0 Å². The zero-order chi connectivity index (χ0) is 29.6. The normalized spacial score (nSPS) is 13.3. The lowest BCUT2D eigenvalue weighted by Gasteiger charge is -2.34. The molecule has 0 spiro atoms. The van der Waals surface area contributed by atoms with Gasteiger partial charge in [0.2, 0.25) is 0 Å². The quantitative estimate of drug-likeness (QED) is 0.134. The fraction of sp³-hybridized carbons (Fsp3) is 0.100. The molecule has 0 N–H and O–H groups in total. The summed E-state index contributed by atoms with van der Waals surface area (Å²) in [6.45, 7) is 2.32. The van der Waals surface area contributed by atoms with Crippen LogP contribution in [0.25, 0.3) is 82.4 Å². The van der Waals surface area contributed by atoms with Crippen LogP contribution < -0.4 is 10.9 Å². The molecule has 3 nitrogen and oxygen atoms in total. The number of aryl methyl sites for hydroxylation is 1. The Bertz CT molecular complexity index is 2780. The maximum absolute atomic E-state index is 6.70. The molecule has 0 saturated carbocycles. The highest BCUT2D eigenvalue weighted by atomic mass is 127. The summed E-state index contributed by atoms with van der Waals surface area (Å²) in [5.41, 5.74) is 15.1. The molecule has 212 valence electrons. The van der Waals surface area contributed by atoms with E-state index in [2.05, 4.69) is 142 Å². The highest BCUT2D eigenvalue weighted by Crippen LogP contribution is 2.46. The molecule has 5 heterocycles. The Kier molecular flexibility index (Phi) is 4.74. The number of furan rings is 1. The second kappa shape index (κ2) is 8.61. The first-order chi connectivity index (χ1) is 22.2. The van der Waals surface area contributed by atoms with Crippen molar-refractivity contribution in [2.24, 2.45) is 0 Å². The SMILES string of the molecule is CCCCc1ccc2c(c1)c1cc(I)cc3c1n2-c1c2c(cc4oc5ccccc5c14)-c1cccc4c5ccccc5n(c14)B23. The molecule has 45 heavy (non-hydrogen) atoms. The fourth-order valence-electron chi connectivity index (χ4n) is 8.74. The summed E-state index contributed by atoms with van der Waals surface area (Å²) in [7, 11) is 0. The molecular formula is C40H26BIN2O. The van der Waals surface area contributed by atoms with Gasteiger partial charge < -0.3 is 13.5 Å². The molecule has 0 atom stereocenters. The molecular weight excluding hydrogens is 662 g/mol. The van der Waals surface area contributed by atoms with Gasteiger partial charge in [0.15, 0.2) is 0 Å². The van der Waals surface area contributed by atoms with Crippen molar-refractivity contribution in [3.8, 4) is 16.8 Å². The number of unbranched alkanes of at least 4 members (excludes halogenated alkanes) is 1. The monoisotopic (exact) mass is 688 g/mol. The molecule has 0 fully saturated rings. The lowest BCUT2D eigenvalue weighted by atomic mass is 9.45. The predicted octanol–water partition coefficient (Wildman–Crippen LogP) is 9.69. The van der Waals surface area contributed by atoms with Gasteiger partial charge >= 0.3 is 6.85 Å². The molecule has 0 amide bonds. The second-order valence-corrected chi connectivity index (χ2v) is 14.1. The van der Waals surface area contributed by atoms with Crippen molar-refractivity contribution in [1.29, 1.82) is 0 Å². The van der Waals surface area contributed by atoms with Gasteiger partial charge in [-0.25, -0.2) is 0 Å². The van der Waals surface area contributed by atoms with Gasteiger partial charge in [-0.05, 0) is 99.9 Å². The van der Waals surface area contributed by atoms with Crippen molar-refractivity contribution < 1.29 is 4.42 Å². The molecule has 0 unspecified atom stereocenters. The molecule has 5 heteroatoms. The van der Waals surface area contributed by atoms with Crippen molar-refractivity contribution in [1.82, 2.24) is 9.05 Å². The lowest BCUT2D eigenvalue weighted by molar-refractivity contribution is 0.669. The van der Waals surface area contributed by atoms with Crippen LogP contribution in [0, 0.1) is 3.57 Å². The van der Waals surface area contributed by atoms with E-state index in [1.165, 1.54) is 104 Å². The first-order valence-corrected chi connectivity index (χ1v) is 17.1. The lowest BCUT2D eigenvalue weighted by Crippen LogP contribution is -2.55. The Morgan fingerprint density at radius 2 is 1.53 bits per heavy atom. The Balaban J connectivity index is 1.42. The van der Waals surface area contributed by atoms with Crippen LogP contribution in [0.1, 0.15) is 25.3 Å². The predicted molar refractivity (Wildman–Crippen MR) is 198 cm³/mol. The number of hydrogen-bond acceptors (Lipinski definition) is 1. The number of hydrogen-bond donors (Lipinski definition) is 0. The third-order valence-corrected chi connectivity index (χ3v) is 11.1. The summed E-state index contributed by atoms with van der Waals surface area (Å²) >= 11 is 2.54. The van der Waals surface area contributed by atoms with E-state index in [0.29, 0.717) is 0 Å². The van der Waals surface area contributed by atoms with Crippen LogP contribution in [0.3, 0.4) is 0 Å². The van der Waals surface area contributed by atoms with Gasteiger partial charge in [-0.2, -0.15) is 0 Å². The Morgan fingerprint density at radius 3 is 2.44 bits per heavy atom. The van der Waals surface area contributed by atoms with Gasteiger partial charge in [0.05, 0.1) is 22.1 Å². The van der Waals surface area contributed by atoms with Gasteiger partial charge in [-0.1, -0.05) is 74.0 Å². The standard InChI is InChI=1S/C40H26BIN2O/c1-2-3-9-22-16-17-32-28(18-22)30-19-23(42)20-31-39(30)43(32)40-36-27-11-5-7-15-34(27)45-35(36)21-29-26-13-8-12-25-24-10-4-6-14-33(24)44(38(25)26)41(31)37(29)40/h4-8,10-21H,2-3,9H2,1H3. The van der Waals surface area contributed by atoms with E-state index >= 15 is 0 Å². The average molecular weight is 688 g/mol. The Morgan fingerprint density at radius 1 is 0.689 bits per heavy atom. The van der Waals surface area contributed by atoms with E-state index in [4.69, 9.17) is 4.42 Å². The molecule has 3 aromatic heterocycles. The molecule has 11 rings (SSSR count). The first kappa shape index (κ1) is 24.8. The minimum absolute atomic E-state index is 0.0407. The molecule has 0 saturated heterocycles. The Labute approximate surface area is 273 Å². The summed E-state index contributed by atoms with van der Waals surface area (Å²) in [6, 6.07) is 38.7. The first-order valence-electron chi connectivity index (χ1n) is 16.0. The van der Waals surface area contributed by atoms with Gasteiger partial charge in [0.25, 0.3) is 0 Å². The molecule has 0 aliphatic carbocycles. The third-order valence-electron chi connectivity index (χ3n) is 10.5. The summed E-state index contributed by atoms with van der Waals surface area (Å²) < 4.78 is 13.2. The van der Waals surface area contributed by atoms with Crippen LogP contribution in [0.2, 0.25) is 0 Å². The number of nitrogens with zero attached hydrogens (tertiary/aromatic N) is 2. The number of aromatic nitrogens is 2. The average Bonchev–Trinajstić information content (AvgIpc) is 3.72. The largest absolute Gasteiger partial charge is 0.456 e. The van der Waals surface area contributed by atoms with E-state index in [9.17, 15) is 0 Å². The van der Waals surface area contributed by atoms with Crippen molar-refractivity contribution in [2.75, 3.05) is 0 Å².